The molecule has 5 heteroatoms. The lowest BCUT2D eigenvalue weighted by Crippen LogP contribution is -2.06. The second-order valence-electron chi connectivity index (χ2n) is 3.72. The zero-order valence-corrected chi connectivity index (χ0v) is 10.2. The van der Waals surface area contributed by atoms with Gasteiger partial charge in [-0.25, -0.2) is 4.99 Å². The van der Waals surface area contributed by atoms with Crippen LogP contribution in [0.5, 0.6) is 0 Å². The van der Waals surface area contributed by atoms with Crippen molar-refractivity contribution in [3.05, 3.63) is 11.3 Å². The molecule has 0 unspecified atom stereocenters. The van der Waals surface area contributed by atoms with Crippen molar-refractivity contribution in [2.75, 3.05) is 14.1 Å². The average molecular weight is 222 g/mol. The summed E-state index contributed by atoms with van der Waals surface area (Å²) in [5.41, 5.74) is 1.45. The second-order valence-corrected chi connectivity index (χ2v) is 4.47. The minimum absolute atomic E-state index is 0.263. The van der Waals surface area contributed by atoms with Crippen LogP contribution in [-0.4, -0.2) is 29.7 Å². The van der Waals surface area contributed by atoms with Crippen LogP contribution in [0, 0.1) is 11.3 Å². The molecule has 0 aliphatic carbocycles. The predicted octanol–water partition coefficient (Wildman–Crippen LogP) is 2.36. The van der Waals surface area contributed by atoms with Crippen LogP contribution < -0.4 is 0 Å². The topological polar surface area (TPSA) is 52.3 Å². The smallest absolute Gasteiger partial charge is 0.155 e. The van der Waals surface area contributed by atoms with Gasteiger partial charge in [0.25, 0.3) is 0 Å². The van der Waals surface area contributed by atoms with Crippen LogP contribution in [-0.2, 0) is 0 Å². The normalized spacial score (nSPS) is 10.9. The quantitative estimate of drug-likeness (QED) is 0.582. The Bertz CT molecular complexity index is 398. The Balaban J connectivity index is 3.06. The lowest BCUT2D eigenvalue weighted by molar-refractivity contribution is 0.643. The molecule has 0 aromatic carbocycles. The van der Waals surface area contributed by atoms with Crippen molar-refractivity contribution in [1.29, 1.82) is 5.26 Å². The van der Waals surface area contributed by atoms with E-state index in [9.17, 15) is 0 Å². The maximum Gasteiger partial charge on any atom is 0.155 e. The summed E-state index contributed by atoms with van der Waals surface area (Å²) in [5, 5.41) is 9.72. The SMILES string of the molecule is CC(C)c1nsc(N=CN(C)C)c1C#N. The van der Waals surface area contributed by atoms with Crippen LogP contribution in [0.3, 0.4) is 0 Å². The summed E-state index contributed by atoms with van der Waals surface area (Å²) in [6.07, 6.45) is 1.68. The molecule has 0 aliphatic heterocycles. The Morgan fingerprint density at radius 3 is 2.67 bits per heavy atom. The van der Waals surface area contributed by atoms with E-state index in [2.05, 4.69) is 15.4 Å². The summed E-state index contributed by atoms with van der Waals surface area (Å²) >= 11 is 1.27. The van der Waals surface area contributed by atoms with Crippen LogP contribution >= 0.6 is 11.5 Å². The van der Waals surface area contributed by atoms with E-state index in [1.807, 2.05) is 32.8 Å². The fourth-order valence-electron chi connectivity index (χ4n) is 1.05. The zero-order chi connectivity index (χ0) is 11.4. The lowest BCUT2D eigenvalue weighted by atomic mass is 10.1. The van der Waals surface area contributed by atoms with Gasteiger partial charge < -0.3 is 4.90 Å². The highest BCUT2D eigenvalue weighted by Gasteiger charge is 2.15. The number of nitrogens with zero attached hydrogens (tertiary/aromatic N) is 4. The molecule has 0 spiro atoms. The summed E-state index contributed by atoms with van der Waals surface area (Å²) in [4.78, 5) is 6.04. The molecule has 0 saturated carbocycles. The molecule has 4 nitrogen and oxygen atoms in total. The third-order valence-electron chi connectivity index (χ3n) is 1.77. The number of hydrogen-bond acceptors (Lipinski definition) is 4. The van der Waals surface area contributed by atoms with Crippen LogP contribution in [0.4, 0.5) is 5.00 Å². The Labute approximate surface area is 94.0 Å². The number of aliphatic imine (C=N–C) groups is 1. The van der Waals surface area contributed by atoms with E-state index in [0.29, 0.717) is 10.6 Å². The van der Waals surface area contributed by atoms with Crippen molar-refractivity contribution in [3.63, 3.8) is 0 Å². The van der Waals surface area contributed by atoms with Crippen molar-refractivity contribution in [1.82, 2.24) is 9.27 Å². The van der Waals surface area contributed by atoms with Gasteiger partial charge in [-0.15, -0.1) is 0 Å². The van der Waals surface area contributed by atoms with E-state index in [0.717, 1.165) is 5.69 Å². The predicted molar refractivity (Wildman–Crippen MR) is 62.8 cm³/mol. The van der Waals surface area contributed by atoms with E-state index in [-0.39, 0.29) is 5.92 Å². The summed E-state index contributed by atoms with van der Waals surface area (Å²) in [5.74, 6) is 0.263. The summed E-state index contributed by atoms with van der Waals surface area (Å²) in [6.45, 7) is 4.05. The Hall–Kier alpha value is -1.41. The summed E-state index contributed by atoms with van der Waals surface area (Å²) in [6, 6.07) is 2.16. The average Bonchev–Trinajstić information content (AvgIpc) is 2.57. The van der Waals surface area contributed by atoms with E-state index < -0.39 is 0 Å². The Kier molecular flexibility index (Phi) is 3.81. The van der Waals surface area contributed by atoms with Crippen LogP contribution in [0.15, 0.2) is 4.99 Å². The molecule has 0 amide bonds. The van der Waals surface area contributed by atoms with Crippen molar-refractivity contribution in [2.45, 2.75) is 19.8 Å². The molecule has 1 aromatic heterocycles. The number of nitriles is 1. The molecule has 1 aromatic rings. The molecule has 1 heterocycles. The van der Waals surface area contributed by atoms with Crippen molar-refractivity contribution in [3.8, 4) is 6.07 Å². The van der Waals surface area contributed by atoms with Gasteiger partial charge in [0.1, 0.15) is 11.6 Å². The first kappa shape index (κ1) is 11.7. The van der Waals surface area contributed by atoms with Gasteiger partial charge >= 0.3 is 0 Å². The highest BCUT2D eigenvalue weighted by Crippen LogP contribution is 2.30. The number of rotatable bonds is 3. The fraction of sp³-hybridized carbons (Fsp3) is 0.500. The Morgan fingerprint density at radius 2 is 2.20 bits per heavy atom. The van der Waals surface area contributed by atoms with Crippen molar-refractivity contribution >= 4 is 22.9 Å². The molecule has 0 bridgehead atoms. The highest BCUT2D eigenvalue weighted by atomic mass is 32.1. The van der Waals surface area contributed by atoms with Gasteiger partial charge in [-0.1, -0.05) is 13.8 Å². The van der Waals surface area contributed by atoms with Crippen LogP contribution in [0.1, 0.15) is 31.0 Å². The van der Waals surface area contributed by atoms with Gasteiger partial charge in [0.2, 0.25) is 0 Å². The summed E-state index contributed by atoms with van der Waals surface area (Å²) in [7, 11) is 3.78. The van der Waals surface area contributed by atoms with Gasteiger partial charge in [0.15, 0.2) is 5.00 Å². The van der Waals surface area contributed by atoms with Crippen molar-refractivity contribution < 1.29 is 0 Å². The number of aromatic nitrogens is 1. The first-order valence-corrected chi connectivity index (χ1v) is 5.44. The van der Waals surface area contributed by atoms with E-state index in [4.69, 9.17) is 5.26 Å². The van der Waals surface area contributed by atoms with E-state index >= 15 is 0 Å². The standard InChI is InChI=1S/C10H14N4S/c1-7(2)9-8(5-11)10(15-13-9)12-6-14(3)4/h6-7H,1-4H3. The molecular formula is C10H14N4S. The maximum absolute atomic E-state index is 9.03. The summed E-state index contributed by atoms with van der Waals surface area (Å²) < 4.78 is 4.25. The van der Waals surface area contributed by atoms with Crippen molar-refractivity contribution in [2.24, 2.45) is 4.99 Å². The zero-order valence-electron chi connectivity index (χ0n) is 9.35. The van der Waals surface area contributed by atoms with Gasteiger partial charge in [-0.05, 0) is 17.5 Å². The highest BCUT2D eigenvalue weighted by molar-refractivity contribution is 7.10. The Morgan fingerprint density at radius 1 is 1.53 bits per heavy atom. The van der Waals surface area contributed by atoms with Gasteiger partial charge in [0, 0.05) is 14.1 Å². The van der Waals surface area contributed by atoms with Gasteiger partial charge in [-0.2, -0.15) is 9.64 Å². The second kappa shape index (κ2) is 4.89. The number of hydrogen-bond donors (Lipinski definition) is 0. The molecule has 0 atom stereocenters. The molecule has 1 rings (SSSR count). The maximum atomic E-state index is 9.03. The van der Waals surface area contributed by atoms with Gasteiger partial charge in [-0.3, -0.25) is 0 Å². The molecule has 0 radical (unpaired) electrons. The molecule has 0 fully saturated rings. The molecule has 15 heavy (non-hydrogen) atoms. The monoisotopic (exact) mass is 222 g/mol. The first-order valence-electron chi connectivity index (χ1n) is 4.66. The molecular weight excluding hydrogens is 208 g/mol. The van der Waals surface area contributed by atoms with Crippen LogP contribution in [0.2, 0.25) is 0 Å². The lowest BCUT2D eigenvalue weighted by Gasteiger charge is -2.01. The largest absolute Gasteiger partial charge is 0.369 e. The van der Waals surface area contributed by atoms with Crippen LogP contribution in [0.25, 0.3) is 0 Å². The van der Waals surface area contributed by atoms with Gasteiger partial charge in [0.05, 0.1) is 12.0 Å². The van der Waals surface area contributed by atoms with E-state index in [1.165, 1.54) is 11.5 Å². The first-order chi connectivity index (χ1) is 7.06. The fourth-order valence-corrected chi connectivity index (χ4v) is 1.87. The third kappa shape index (κ3) is 2.77. The minimum Gasteiger partial charge on any atom is -0.369 e. The molecule has 0 saturated heterocycles. The minimum atomic E-state index is 0.263. The molecule has 80 valence electrons. The molecule has 0 aliphatic rings. The third-order valence-corrected chi connectivity index (χ3v) is 2.54. The van der Waals surface area contributed by atoms with E-state index in [1.54, 1.807) is 6.34 Å². The molecule has 0 N–H and O–H groups in total.